The van der Waals surface area contributed by atoms with Gasteiger partial charge in [0.05, 0.1) is 32.5 Å². The Morgan fingerprint density at radius 1 is 0.791 bits per heavy atom. The lowest BCUT2D eigenvalue weighted by atomic mass is 9.81. The van der Waals surface area contributed by atoms with Gasteiger partial charge in [0, 0.05) is 11.5 Å². The van der Waals surface area contributed by atoms with Crippen molar-refractivity contribution in [1.82, 2.24) is 0 Å². The van der Waals surface area contributed by atoms with Gasteiger partial charge in [-0.2, -0.15) is 0 Å². The van der Waals surface area contributed by atoms with E-state index >= 15 is 0 Å². The molecule has 0 amide bonds. The summed E-state index contributed by atoms with van der Waals surface area (Å²) in [7, 11) is 1.63. The largest absolute Gasteiger partial charge is 0.497 e. The number of carbonyl (C=O) groups is 1. The Balaban J connectivity index is 1.50. The number of ether oxygens (including phenoxy) is 4. The zero-order valence-corrected chi connectivity index (χ0v) is 25.0. The molecule has 0 spiro atoms. The fraction of sp³-hybridized carbons (Fsp3) is 0.324. The summed E-state index contributed by atoms with van der Waals surface area (Å²) in [6.45, 7) is 4.52. The Bertz CT molecular complexity index is 1460. The molecule has 5 atom stereocenters. The number of methoxy groups -OCH3 is 1. The summed E-state index contributed by atoms with van der Waals surface area (Å²) in [5, 5.41) is 12.4. The van der Waals surface area contributed by atoms with Gasteiger partial charge in [-0.05, 0) is 47.2 Å². The van der Waals surface area contributed by atoms with Crippen molar-refractivity contribution >= 4 is 5.78 Å². The van der Waals surface area contributed by atoms with Crippen LogP contribution in [0.3, 0.4) is 0 Å². The van der Waals surface area contributed by atoms with Crippen LogP contribution in [0.5, 0.6) is 5.75 Å². The number of aliphatic hydroxyl groups is 1. The molecule has 6 nitrogen and oxygen atoms in total. The summed E-state index contributed by atoms with van der Waals surface area (Å²) in [5.41, 5.74) is 4.10. The van der Waals surface area contributed by atoms with E-state index in [9.17, 15) is 9.90 Å². The number of Topliss-reactive ketones (excluding diaryl/α,β-unsaturated/α-hetero) is 1. The van der Waals surface area contributed by atoms with Crippen molar-refractivity contribution in [2.24, 2.45) is 5.92 Å². The summed E-state index contributed by atoms with van der Waals surface area (Å²) in [6, 6.07) is 34.7. The van der Waals surface area contributed by atoms with Gasteiger partial charge in [-0.1, -0.05) is 111 Å². The summed E-state index contributed by atoms with van der Waals surface area (Å²) < 4.78 is 24.6. The predicted octanol–water partition coefficient (Wildman–Crippen LogP) is 6.77. The van der Waals surface area contributed by atoms with Crippen molar-refractivity contribution in [3.05, 3.63) is 137 Å². The van der Waals surface area contributed by atoms with Crippen molar-refractivity contribution in [2.75, 3.05) is 7.11 Å². The molecule has 1 N–H and O–H groups in total. The monoisotopic (exact) mass is 580 g/mol. The smallest absolute Gasteiger partial charge is 0.261 e. The highest BCUT2D eigenvalue weighted by atomic mass is 16.7. The molecule has 0 aromatic heterocycles. The van der Waals surface area contributed by atoms with Gasteiger partial charge >= 0.3 is 0 Å². The maximum atomic E-state index is 14.5. The predicted molar refractivity (Wildman–Crippen MR) is 166 cm³/mol. The minimum absolute atomic E-state index is 0.142. The quantitative estimate of drug-likeness (QED) is 0.186. The first-order valence-corrected chi connectivity index (χ1v) is 14.9. The van der Waals surface area contributed by atoms with Crippen LogP contribution in [0.4, 0.5) is 0 Å². The fourth-order valence-electron chi connectivity index (χ4n) is 5.78. The van der Waals surface area contributed by atoms with Gasteiger partial charge in [-0.15, -0.1) is 0 Å². The van der Waals surface area contributed by atoms with Gasteiger partial charge in [0.1, 0.15) is 11.9 Å². The normalized spacial score (nSPS) is 23.5. The second kappa shape index (κ2) is 14.1. The van der Waals surface area contributed by atoms with Crippen molar-refractivity contribution < 1.29 is 28.8 Å². The van der Waals surface area contributed by atoms with Crippen LogP contribution in [0.2, 0.25) is 0 Å². The highest BCUT2D eigenvalue weighted by Gasteiger charge is 2.58. The van der Waals surface area contributed by atoms with E-state index in [0.29, 0.717) is 25.0 Å². The van der Waals surface area contributed by atoms with Crippen LogP contribution in [-0.4, -0.2) is 42.1 Å². The van der Waals surface area contributed by atoms with Crippen LogP contribution in [0.25, 0.3) is 0 Å². The second-order valence-corrected chi connectivity index (χ2v) is 11.1. The van der Waals surface area contributed by atoms with E-state index in [-0.39, 0.29) is 12.5 Å². The SMILES string of the molecule is CC[C@H]1O[C@@](O)(C(=O)c2ccccc2Cc2ccc(OC)cc2)[C@H](OCc2ccccc2)[C@@H](OCc2ccccc2)[C@@H]1C. The van der Waals surface area contributed by atoms with Crippen LogP contribution in [0.15, 0.2) is 109 Å². The first-order valence-electron chi connectivity index (χ1n) is 14.9. The standard InChI is InChI=1S/C37H40O6/c1-4-33-26(2)34(41-24-28-13-7-5-8-14-28)36(42-25-29-15-9-6-10-16-29)37(39,43-33)35(38)32-18-12-11-17-30(32)23-27-19-21-31(40-3)22-20-27/h5-22,26,33-34,36,39H,4,23-25H2,1-3H3/t26-,33-,34+,36-,37+/m1/s1. The fourth-order valence-corrected chi connectivity index (χ4v) is 5.78. The van der Waals surface area contributed by atoms with Crippen molar-refractivity contribution in [2.45, 2.75) is 64.0 Å². The van der Waals surface area contributed by atoms with Gasteiger partial charge in [0.15, 0.2) is 0 Å². The molecule has 1 heterocycles. The molecule has 224 valence electrons. The Labute approximate surface area is 254 Å². The van der Waals surface area contributed by atoms with Gasteiger partial charge in [-0.3, -0.25) is 4.79 Å². The second-order valence-electron chi connectivity index (χ2n) is 11.1. The van der Waals surface area contributed by atoms with E-state index in [4.69, 9.17) is 18.9 Å². The van der Waals surface area contributed by atoms with Crippen LogP contribution in [0.1, 0.15) is 52.9 Å². The minimum Gasteiger partial charge on any atom is -0.497 e. The zero-order chi connectivity index (χ0) is 30.2. The van der Waals surface area contributed by atoms with E-state index in [1.165, 1.54) is 0 Å². The van der Waals surface area contributed by atoms with E-state index in [1.54, 1.807) is 19.2 Å². The highest BCUT2D eigenvalue weighted by molar-refractivity contribution is 6.03. The van der Waals surface area contributed by atoms with Gasteiger partial charge in [0.2, 0.25) is 5.78 Å². The third-order valence-corrected chi connectivity index (χ3v) is 8.22. The molecule has 4 aromatic carbocycles. The van der Waals surface area contributed by atoms with E-state index in [2.05, 4.69) is 0 Å². The van der Waals surface area contributed by atoms with E-state index in [1.807, 2.05) is 111 Å². The number of rotatable bonds is 12. The molecule has 0 radical (unpaired) electrons. The topological polar surface area (TPSA) is 74.2 Å². The molecule has 43 heavy (non-hydrogen) atoms. The zero-order valence-electron chi connectivity index (χ0n) is 25.0. The highest BCUT2D eigenvalue weighted by Crippen LogP contribution is 2.40. The van der Waals surface area contributed by atoms with E-state index in [0.717, 1.165) is 28.0 Å². The lowest BCUT2D eigenvalue weighted by Gasteiger charge is -2.49. The van der Waals surface area contributed by atoms with Crippen LogP contribution in [-0.2, 0) is 33.8 Å². The van der Waals surface area contributed by atoms with Crippen molar-refractivity contribution in [3.63, 3.8) is 0 Å². The van der Waals surface area contributed by atoms with Crippen LogP contribution < -0.4 is 4.74 Å². The minimum atomic E-state index is -2.26. The third-order valence-electron chi connectivity index (χ3n) is 8.22. The van der Waals surface area contributed by atoms with Crippen LogP contribution in [0, 0.1) is 5.92 Å². The average molecular weight is 581 g/mol. The molecule has 1 saturated heterocycles. The van der Waals surface area contributed by atoms with Gasteiger partial charge < -0.3 is 24.1 Å². The molecule has 5 rings (SSSR count). The Morgan fingerprint density at radius 2 is 1.37 bits per heavy atom. The molecule has 4 aromatic rings. The molecule has 1 aliphatic heterocycles. The maximum Gasteiger partial charge on any atom is 0.261 e. The van der Waals surface area contributed by atoms with Crippen LogP contribution >= 0.6 is 0 Å². The first kappa shape index (κ1) is 30.6. The van der Waals surface area contributed by atoms with Crippen molar-refractivity contribution in [1.29, 1.82) is 0 Å². The van der Waals surface area contributed by atoms with Gasteiger partial charge in [0.25, 0.3) is 5.79 Å². The summed E-state index contributed by atoms with van der Waals surface area (Å²) in [6.07, 6.45) is -0.999. The molecule has 1 fully saturated rings. The molecule has 0 saturated carbocycles. The Kier molecular flexibility index (Phi) is 10.1. The molecular formula is C37H40O6. The molecule has 1 aliphatic rings. The third kappa shape index (κ3) is 7.06. The van der Waals surface area contributed by atoms with Gasteiger partial charge in [-0.25, -0.2) is 0 Å². The molecule has 0 bridgehead atoms. The molecule has 0 unspecified atom stereocenters. The first-order chi connectivity index (χ1) is 20.9. The molecular weight excluding hydrogens is 540 g/mol. The Hall–Kier alpha value is -3.81. The number of hydrogen-bond donors (Lipinski definition) is 1. The van der Waals surface area contributed by atoms with E-state index < -0.39 is 29.9 Å². The number of hydrogen-bond acceptors (Lipinski definition) is 6. The molecule has 0 aliphatic carbocycles. The number of ketones is 1. The Morgan fingerprint density at radius 3 is 1.98 bits per heavy atom. The summed E-state index contributed by atoms with van der Waals surface area (Å²) in [5.74, 6) is -2.18. The summed E-state index contributed by atoms with van der Waals surface area (Å²) in [4.78, 5) is 14.5. The molecule has 6 heteroatoms. The summed E-state index contributed by atoms with van der Waals surface area (Å²) >= 11 is 0. The lowest BCUT2D eigenvalue weighted by Crippen LogP contribution is -2.66. The number of benzene rings is 4. The average Bonchev–Trinajstić information content (AvgIpc) is 3.05. The van der Waals surface area contributed by atoms with Crippen molar-refractivity contribution in [3.8, 4) is 5.75 Å². The number of carbonyl (C=O) groups excluding carboxylic acids is 1. The lowest BCUT2D eigenvalue weighted by molar-refractivity contribution is -0.326. The maximum absolute atomic E-state index is 14.5.